The van der Waals surface area contributed by atoms with Crippen LogP contribution in [0.2, 0.25) is 0 Å². The highest BCUT2D eigenvalue weighted by atomic mass is 16.6. The zero-order valence-electron chi connectivity index (χ0n) is 10.6. The number of carbonyl (C=O) groups is 2. The molecule has 4 nitrogen and oxygen atoms in total. The van der Waals surface area contributed by atoms with Crippen molar-refractivity contribution < 1.29 is 19.1 Å². The van der Waals surface area contributed by atoms with Gasteiger partial charge in [0.25, 0.3) is 0 Å². The van der Waals surface area contributed by atoms with Crippen molar-refractivity contribution >= 4 is 11.9 Å². The summed E-state index contributed by atoms with van der Waals surface area (Å²) in [6.07, 6.45) is 8.21. The van der Waals surface area contributed by atoms with Crippen LogP contribution in [0.1, 0.15) is 51.4 Å². The maximum absolute atomic E-state index is 11.9. The van der Waals surface area contributed by atoms with Crippen molar-refractivity contribution in [1.82, 2.24) is 0 Å². The van der Waals surface area contributed by atoms with Crippen LogP contribution in [0.15, 0.2) is 0 Å². The monoisotopic (exact) mass is 252 g/mol. The van der Waals surface area contributed by atoms with Gasteiger partial charge in [0.1, 0.15) is 0 Å². The summed E-state index contributed by atoms with van der Waals surface area (Å²) < 4.78 is 10.4. The van der Waals surface area contributed by atoms with Crippen LogP contribution >= 0.6 is 0 Å². The molecule has 0 aromatic heterocycles. The minimum atomic E-state index is -0.320. The molecule has 3 atom stereocenters. The van der Waals surface area contributed by atoms with Gasteiger partial charge in [-0.2, -0.15) is 0 Å². The SMILES string of the molecule is O=C(OC(=O)C1CCC2OC2C1)C1CCCCC1. The summed E-state index contributed by atoms with van der Waals surface area (Å²) in [4.78, 5) is 23.8. The Morgan fingerprint density at radius 3 is 2.28 bits per heavy atom. The second-order valence-corrected chi connectivity index (χ2v) is 5.80. The van der Waals surface area contributed by atoms with Crippen LogP contribution in [-0.4, -0.2) is 24.1 Å². The lowest BCUT2D eigenvalue weighted by Gasteiger charge is -2.21. The molecule has 3 unspecified atom stereocenters. The van der Waals surface area contributed by atoms with Crippen LogP contribution in [-0.2, 0) is 19.1 Å². The normalized spacial score (nSPS) is 35.7. The fourth-order valence-corrected chi connectivity index (χ4v) is 3.22. The summed E-state index contributed by atoms with van der Waals surface area (Å²) in [5.41, 5.74) is 0. The summed E-state index contributed by atoms with van der Waals surface area (Å²) in [6.45, 7) is 0. The molecule has 18 heavy (non-hydrogen) atoms. The van der Waals surface area contributed by atoms with Crippen molar-refractivity contribution in [3.63, 3.8) is 0 Å². The van der Waals surface area contributed by atoms with Crippen molar-refractivity contribution in [3.8, 4) is 0 Å². The fourth-order valence-electron chi connectivity index (χ4n) is 3.22. The summed E-state index contributed by atoms with van der Waals surface area (Å²) in [6, 6.07) is 0. The number of rotatable bonds is 2. The quantitative estimate of drug-likeness (QED) is 0.429. The minimum Gasteiger partial charge on any atom is -0.393 e. The number of fused-ring (bicyclic) bond motifs is 1. The van der Waals surface area contributed by atoms with Crippen LogP contribution in [0.3, 0.4) is 0 Å². The van der Waals surface area contributed by atoms with Gasteiger partial charge in [-0.05, 0) is 32.1 Å². The Balaban J connectivity index is 1.48. The second kappa shape index (κ2) is 5.00. The number of esters is 2. The minimum absolute atomic E-state index is 0.0452. The van der Waals surface area contributed by atoms with E-state index in [4.69, 9.17) is 9.47 Å². The Bertz CT molecular complexity index is 346. The van der Waals surface area contributed by atoms with Crippen molar-refractivity contribution in [2.75, 3.05) is 0 Å². The third-order valence-corrected chi connectivity index (χ3v) is 4.48. The number of hydrogen-bond acceptors (Lipinski definition) is 4. The number of hydrogen-bond donors (Lipinski definition) is 0. The topological polar surface area (TPSA) is 55.9 Å². The van der Waals surface area contributed by atoms with E-state index in [1.54, 1.807) is 0 Å². The summed E-state index contributed by atoms with van der Waals surface area (Å²) in [5, 5.41) is 0. The van der Waals surface area contributed by atoms with Gasteiger partial charge in [-0.3, -0.25) is 9.59 Å². The van der Waals surface area contributed by atoms with Gasteiger partial charge in [-0.15, -0.1) is 0 Å². The summed E-state index contributed by atoms with van der Waals surface area (Å²) in [7, 11) is 0. The maximum Gasteiger partial charge on any atom is 0.316 e. The second-order valence-electron chi connectivity index (χ2n) is 5.80. The first-order chi connectivity index (χ1) is 8.74. The molecule has 2 saturated carbocycles. The smallest absolute Gasteiger partial charge is 0.316 e. The van der Waals surface area contributed by atoms with Gasteiger partial charge >= 0.3 is 11.9 Å². The Morgan fingerprint density at radius 2 is 1.56 bits per heavy atom. The zero-order chi connectivity index (χ0) is 12.5. The molecule has 0 bridgehead atoms. The van der Waals surface area contributed by atoms with Gasteiger partial charge in [0.2, 0.25) is 0 Å². The van der Waals surface area contributed by atoms with E-state index in [0.717, 1.165) is 44.9 Å². The molecule has 0 aromatic carbocycles. The summed E-state index contributed by atoms with van der Waals surface area (Å²) >= 11 is 0. The first-order valence-corrected chi connectivity index (χ1v) is 7.15. The average molecular weight is 252 g/mol. The number of carbonyl (C=O) groups excluding carboxylic acids is 2. The molecule has 3 aliphatic rings. The molecule has 0 N–H and O–H groups in total. The van der Waals surface area contributed by atoms with Gasteiger partial charge in [0, 0.05) is 0 Å². The molecule has 0 amide bonds. The maximum atomic E-state index is 11.9. The van der Waals surface area contributed by atoms with E-state index in [1.807, 2.05) is 0 Å². The largest absolute Gasteiger partial charge is 0.393 e. The lowest BCUT2D eigenvalue weighted by molar-refractivity contribution is -0.166. The molecule has 3 fully saturated rings. The number of ether oxygens (including phenoxy) is 2. The predicted octanol–water partition coefficient (Wildman–Crippen LogP) is 2.20. The van der Waals surface area contributed by atoms with Crippen molar-refractivity contribution in [2.24, 2.45) is 11.8 Å². The van der Waals surface area contributed by atoms with Crippen molar-refractivity contribution in [3.05, 3.63) is 0 Å². The molecular formula is C14H20O4. The molecule has 0 radical (unpaired) electrons. The molecule has 4 heteroatoms. The van der Waals surface area contributed by atoms with E-state index in [9.17, 15) is 9.59 Å². The zero-order valence-corrected chi connectivity index (χ0v) is 10.6. The first-order valence-electron chi connectivity index (χ1n) is 7.15. The van der Waals surface area contributed by atoms with Crippen LogP contribution in [0, 0.1) is 11.8 Å². The molecular weight excluding hydrogens is 232 g/mol. The molecule has 3 rings (SSSR count). The highest BCUT2D eigenvalue weighted by Crippen LogP contribution is 2.40. The lowest BCUT2D eigenvalue weighted by Crippen LogP contribution is -2.29. The molecule has 0 spiro atoms. The molecule has 1 aliphatic heterocycles. The van der Waals surface area contributed by atoms with E-state index in [-0.39, 0.29) is 29.9 Å². The fraction of sp³-hybridized carbons (Fsp3) is 0.857. The molecule has 2 aliphatic carbocycles. The van der Waals surface area contributed by atoms with Crippen LogP contribution in [0.4, 0.5) is 0 Å². The van der Waals surface area contributed by atoms with Crippen molar-refractivity contribution in [1.29, 1.82) is 0 Å². The highest BCUT2D eigenvalue weighted by Gasteiger charge is 2.46. The van der Waals surface area contributed by atoms with E-state index in [1.165, 1.54) is 6.42 Å². The van der Waals surface area contributed by atoms with E-state index in [0.29, 0.717) is 6.10 Å². The molecule has 1 heterocycles. The molecule has 0 aromatic rings. The standard InChI is InChI=1S/C14H20O4/c15-13(9-4-2-1-3-5-9)18-14(16)10-6-7-11-12(8-10)17-11/h9-12H,1-8H2. The van der Waals surface area contributed by atoms with E-state index < -0.39 is 0 Å². The highest BCUT2D eigenvalue weighted by molar-refractivity contribution is 5.88. The molecule has 100 valence electrons. The van der Waals surface area contributed by atoms with E-state index in [2.05, 4.69) is 0 Å². The van der Waals surface area contributed by atoms with Gasteiger partial charge in [-0.1, -0.05) is 19.3 Å². The van der Waals surface area contributed by atoms with Gasteiger partial charge in [0.05, 0.1) is 24.0 Å². The first kappa shape index (κ1) is 12.2. The Labute approximate surface area is 107 Å². The lowest BCUT2D eigenvalue weighted by atomic mass is 9.88. The van der Waals surface area contributed by atoms with Gasteiger partial charge < -0.3 is 9.47 Å². The number of epoxide rings is 1. The Kier molecular flexibility index (Phi) is 3.37. The Hall–Kier alpha value is -0.900. The predicted molar refractivity (Wildman–Crippen MR) is 63.7 cm³/mol. The van der Waals surface area contributed by atoms with Gasteiger partial charge in [0.15, 0.2) is 0 Å². The third-order valence-electron chi connectivity index (χ3n) is 4.48. The Morgan fingerprint density at radius 1 is 0.833 bits per heavy atom. The van der Waals surface area contributed by atoms with Crippen LogP contribution in [0.5, 0.6) is 0 Å². The van der Waals surface area contributed by atoms with Crippen LogP contribution in [0.25, 0.3) is 0 Å². The summed E-state index contributed by atoms with van der Waals surface area (Å²) in [5.74, 6) is -0.782. The molecule has 1 saturated heterocycles. The third kappa shape index (κ3) is 2.58. The van der Waals surface area contributed by atoms with E-state index >= 15 is 0 Å². The van der Waals surface area contributed by atoms with Crippen molar-refractivity contribution in [2.45, 2.75) is 63.6 Å². The average Bonchev–Trinajstić information content (AvgIpc) is 3.17. The van der Waals surface area contributed by atoms with Crippen LogP contribution < -0.4 is 0 Å². The van der Waals surface area contributed by atoms with Gasteiger partial charge in [-0.25, -0.2) is 0 Å².